The van der Waals surface area contributed by atoms with Gasteiger partial charge in [0.1, 0.15) is 6.61 Å². The first-order chi connectivity index (χ1) is 13.6. The van der Waals surface area contributed by atoms with Gasteiger partial charge in [-0.2, -0.15) is 5.10 Å². The number of pyridine rings is 1. The summed E-state index contributed by atoms with van der Waals surface area (Å²) in [5.74, 6) is -0.182. The molecule has 1 N–H and O–H groups in total. The van der Waals surface area contributed by atoms with Gasteiger partial charge in [0, 0.05) is 11.9 Å². The molecule has 3 heterocycles. The summed E-state index contributed by atoms with van der Waals surface area (Å²) in [5.41, 5.74) is 3.07. The van der Waals surface area contributed by atoms with Crippen LogP contribution in [-0.4, -0.2) is 39.7 Å². The quantitative estimate of drug-likeness (QED) is 0.737. The molecule has 2 bridgehead atoms. The molecule has 1 amide bonds. The molecule has 0 fully saturated rings. The van der Waals surface area contributed by atoms with Gasteiger partial charge in [-0.3, -0.25) is 19.3 Å². The number of Topliss-reactive ketones (excluding diaryl/α,β-unsaturated/α-hetero) is 1. The van der Waals surface area contributed by atoms with Crippen LogP contribution < -0.4 is 5.32 Å². The van der Waals surface area contributed by atoms with Crippen molar-refractivity contribution in [2.75, 3.05) is 13.2 Å². The maximum Gasteiger partial charge on any atom is 0.226 e. The molecule has 1 aliphatic rings. The average Bonchev–Trinajstić information content (AvgIpc) is 3.10. The molecule has 0 spiro atoms. The van der Waals surface area contributed by atoms with E-state index in [0.29, 0.717) is 17.9 Å². The number of fused-ring (bicyclic) bond motifs is 4. The largest absolute Gasteiger partial charge is 0.371 e. The van der Waals surface area contributed by atoms with E-state index < -0.39 is 0 Å². The molecular formula is C21H22N4O3. The minimum atomic E-state index is -0.313. The Morgan fingerprint density at radius 2 is 2.04 bits per heavy atom. The Balaban J connectivity index is 1.69. The van der Waals surface area contributed by atoms with Gasteiger partial charge in [0.05, 0.1) is 48.6 Å². The molecule has 0 unspecified atom stereocenters. The van der Waals surface area contributed by atoms with E-state index in [2.05, 4.69) is 15.4 Å². The lowest BCUT2D eigenvalue weighted by Crippen LogP contribution is -2.34. The van der Waals surface area contributed by atoms with Gasteiger partial charge >= 0.3 is 0 Å². The lowest BCUT2D eigenvalue weighted by atomic mass is 10.1. The number of nitrogens with one attached hydrogen (secondary N) is 1. The molecule has 28 heavy (non-hydrogen) atoms. The first-order valence-corrected chi connectivity index (χ1v) is 9.42. The smallest absolute Gasteiger partial charge is 0.226 e. The first kappa shape index (κ1) is 18.3. The third-order valence-electron chi connectivity index (χ3n) is 4.83. The molecule has 2 aromatic heterocycles. The van der Waals surface area contributed by atoms with Gasteiger partial charge in [0.25, 0.3) is 0 Å². The topological polar surface area (TPSA) is 86.1 Å². The van der Waals surface area contributed by atoms with Gasteiger partial charge in [-0.15, -0.1) is 0 Å². The third-order valence-corrected chi connectivity index (χ3v) is 4.83. The Hall–Kier alpha value is -3.06. The fourth-order valence-corrected chi connectivity index (χ4v) is 3.56. The van der Waals surface area contributed by atoms with Crippen molar-refractivity contribution in [3.8, 4) is 0 Å². The zero-order valence-electron chi connectivity index (χ0n) is 15.7. The van der Waals surface area contributed by atoms with E-state index in [-0.39, 0.29) is 43.8 Å². The van der Waals surface area contributed by atoms with Crippen molar-refractivity contribution in [3.63, 3.8) is 0 Å². The maximum absolute atomic E-state index is 12.7. The summed E-state index contributed by atoms with van der Waals surface area (Å²) in [6, 6.07) is 11.2. The van der Waals surface area contributed by atoms with Gasteiger partial charge < -0.3 is 10.1 Å². The monoisotopic (exact) mass is 378 g/mol. The number of ether oxygens (including phenoxy) is 1. The summed E-state index contributed by atoms with van der Waals surface area (Å²) in [6.07, 6.45) is 2.05. The second-order valence-electron chi connectivity index (χ2n) is 6.90. The van der Waals surface area contributed by atoms with Crippen LogP contribution in [0.1, 0.15) is 29.9 Å². The second-order valence-corrected chi connectivity index (χ2v) is 6.90. The van der Waals surface area contributed by atoms with E-state index in [1.54, 1.807) is 6.20 Å². The summed E-state index contributed by atoms with van der Waals surface area (Å²) in [6.45, 7) is 2.89. The van der Waals surface area contributed by atoms with Crippen molar-refractivity contribution >= 4 is 22.6 Å². The van der Waals surface area contributed by atoms with Crippen LogP contribution in [0, 0.1) is 0 Å². The van der Waals surface area contributed by atoms with Crippen LogP contribution >= 0.6 is 0 Å². The molecular weight excluding hydrogens is 356 g/mol. The molecule has 7 heteroatoms. The SMILES string of the molecule is CCn1ncc2cc3nc(c21)CC(=O)COC[C@H](c1ccccc1)NC(=O)C3. The second kappa shape index (κ2) is 7.90. The van der Waals surface area contributed by atoms with Crippen molar-refractivity contribution in [1.82, 2.24) is 20.1 Å². The highest BCUT2D eigenvalue weighted by atomic mass is 16.5. The third kappa shape index (κ3) is 3.80. The van der Waals surface area contributed by atoms with E-state index >= 15 is 0 Å². The summed E-state index contributed by atoms with van der Waals surface area (Å²) >= 11 is 0. The standard InChI is InChI=1S/C21H22N4O3/c1-2-25-21-15(11-22-25)8-16-9-20(27)24-19(14-6-4-3-5-7-14)13-28-12-17(26)10-18(21)23-16/h3-8,11,19H,2,9-10,12-13H2,1H3,(H,24,27)/t19-/m1/s1. The predicted octanol–water partition coefficient (Wildman–Crippen LogP) is 1.99. The number of amides is 1. The van der Waals surface area contributed by atoms with Crippen LogP contribution in [0.4, 0.5) is 0 Å². The number of hydrogen-bond acceptors (Lipinski definition) is 5. The van der Waals surface area contributed by atoms with Crippen molar-refractivity contribution in [3.05, 3.63) is 59.5 Å². The Morgan fingerprint density at radius 3 is 2.82 bits per heavy atom. The molecule has 0 aliphatic carbocycles. The highest BCUT2D eigenvalue weighted by molar-refractivity contribution is 5.89. The molecule has 0 saturated carbocycles. The van der Waals surface area contributed by atoms with Crippen LogP contribution in [0.5, 0.6) is 0 Å². The fraction of sp³-hybridized carbons (Fsp3) is 0.333. The van der Waals surface area contributed by atoms with Gasteiger partial charge in [-0.25, -0.2) is 0 Å². The minimum Gasteiger partial charge on any atom is -0.371 e. The minimum absolute atomic E-state index is 0.0210. The summed E-state index contributed by atoms with van der Waals surface area (Å²) in [7, 11) is 0. The van der Waals surface area contributed by atoms with E-state index in [1.807, 2.05) is 48.0 Å². The van der Waals surface area contributed by atoms with E-state index in [1.165, 1.54) is 0 Å². The summed E-state index contributed by atoms with van der Waals surface area (Å²) in [4.78, 5) is 29.8. The van der Waals surface area contributed by atoms with E-state index in [9.17, 15) is 9.59 Å². The molecule has 1 aliphatic heterocycles. The number of carbonyl (C=O) groups is 2. The van der Waals surface area contributed by atoms with Crippen LogP contribution in [0.3, 0.4) is 0 Å². The van der Waals surface area contributed by atoms with Crippen LogP contribution in [0.2, 0.25) is 0 Å². The number of aromatic nitrogens is 3. The van der Waals surface area contributed by atoms with Crippen molar-refractivity contribution in [1.29, 1.82) is 0 Å². The van der Waals surface area contributed by atoms with Crippen molar-refractivity contribution < 1.29 is 14.3 Å². The normalized spacial score (nSPS) is 18.4. The van der Waals surface area contributed by atoms with Crippen molar-refractivity contribution in [2.45, 2.75) is 32.4 Å². The van der Waals surface area contributed by atoms with E-state index in [4.69, 9.17) is 4.74 Å². The average molecular weight is 378 g/mol. The van der Waals surface area contributed by atoms with Crippen LogP contribution in [-0.2, 0) is 33.7 Å². The number of ketones is 1. The van der Waals surface area contributed by atoms with Gasteiger partial charge in [-0.1, -0.05) is 30.3 Å². The number of nitrogens with zero attached hydrogens (tertiary/aromatic N) is 3. The lowest BCUT2D eigenvalue weighted by molar-refractivity contribution is -0.124. The highest BCUT2D eigenvalue weighted by Crippen LogP contribution is 2.21. The number of carbonyl (C=O) groups excluding carboxylic acids is 2. The van der Waals surface area contributed by atoms with Gasteiger partial charge in [-0.05, 0) is 18.6 Å². The van der Waals surface area contributed by atoms with Crippen molar-refractivity contribution in [2.24, 2.45) is 0 Å². The van der Waals surface area contributed by atoms with Crippen LogP contribution in [0.15, 0.2) is 42.6 Å². The number of aryl methyl sites for hydroxylation is 1. The van der Waals surface area contributed by atoms with Crippen LogP contribution in [0.25, 0.3) is 10.9 Å². The Bertz CT molecular complexity index is 1010. The molecule has 0 radical (unpaired) electrons. The molecule has 1 atom stereocenters. The number of benzene rings is 1. The maximum atomic E-state index is 12.7. The highest BCUT2D eigenvalue weighted by Gasteiger charge is 2.20. The van der Waals surface area contributed by atoms with Gasteiger partial charge in [0.15, 0.2) is 5.78 Å². The molecule has 144 valence electrons. The first-order valence-electron chi connectivity index (χ1n) is 9.42. The summed E-state index contributed by atoms with van der Waals surface area (Å²) < 4.78 is 7.47. The molecule has 7 nitrogen and oxygen atoms in total. The Kier molecular flexibility index (Phi) is 5.16. The van der Waals surface area contributed by atoms with Gasteiger partial charge in [0.2, 0.25) is 5.91 Å². The molecule has 1 aromatic carbocycles. The zero-order valence-corrected chi connectivity index (χ0v) is 15.7. The van der Waals surface area contributed by atoms with E-state index in [0.717, 1.165) is 16.5 Å². The Labute approximate surface area is 162 Å². The molecule has 4 rings (SSSR count). The number of hydrogen-bond donors (Lipinski definition) is 1. The lowest BCUT2D eigenvalue weighted by Gasteiger charge is -2.20. The molecule has 3 aromatic rings. The zero-order chi connectivity index (χ0) is 19.5. The number of rotatable bonds is 2. The molecule has 0 saturated heterocycles. The fourth-order valence-electron chi connectivity index (χ4n) is 3.56. The predicted molar refractivity (Wildman–Crippen MR) is 104 cm³/mol. The summed E-state index contributed by atoms with van der Waals surface area (Å²) in [5, 5.41) is 8.26. The Morgan fingerprint density at radius 1 is 1.21 bits per heavy atom.